The third-order valence-corrected chi connectivity index (χ3v) is 7.91. The maximum Gasteiger partial charge on any atom is 0.325 e. The number of carbonyl (C=O) groups excluding carboxylic acids is 7. The van der Waals surface area contributed by atoms with Crippen molar-refractivity contribution in [2.45, 2.75) is 75.4 Å². The number of aliphatic carboxylic acids is 2. The van der Waals surface area contributed by atoms with Gasteiger partial charge in [-0.05, 0) is 38.0 Å². The van der Waals surface area contributed by atoms with Crippen molar-refractivity contribution in [1.82, 2.24) is 47.2 Å². The molecule has 15 N–H and O–H groups in total. The summed E-state index contributed by atoms with van der Waals surface area (Å²) in [6, 6.07) is -4.75. The van der Waals surface area contributed by atoms with Crippen LogP contribution in [0.2, 0.25) is 0 Å². The molecule has 24 nitrogen and oxygen atoms in total. The summed E-state index contributed by atoms with van der Waals surface area (Å²) in [7, 11) is 0. The lowest BCUT2D eigenvalue weighted by molar-refractivity contribution is -0.142. The van der Waals surface area contributed by atoms with Gasteiger partial charge in [0.25, 0.3) is 0 Å². The number of phenols is 1. The van der Waals surface area contributed by atoms with E-state index in [-0.39, 0.29) is 18.6 Å². The standard InChI is InChI=1S/C33H46N10O14/c1-15(27(50)40-22(9-26(48)49)29(52)36-11-25(47)38-16(2)33(56)57)39-31(54)23(12-44)43-30(53)21(8-18-10-35-14-37-18)41-32(55)24(13-45)42-28(51)20(34)7-17-3-5-19(46)6-4-17/h3-6,10,14-16,20-24,44-46H,7-9,11-13,34H2,1-2H3,(H,35,37)(H,36,52)(H,38,47)(H,39,54)(H,40,50)(H,41,55)(H,42,51)(H,43,53)(H,48,49)(H,56,57). The van der Waals surface area contributed by atoms with E-state index in [9.17, 15) is 63.6 Å². The largest absolute Gasteiger partial charge is 0.508 e. The number of carboxylic acid groups (broad SMARTS) is 2. The Hall–Kier alpha value is -6.66. The van der Waals surface area contributed by atoms with Crippen molar-refractivity contribution >= 4 is 53.3 Å². The third-order valence-electron chi connectivity index (χ3n) is 7.91. The summed E-state index contributed by atoms with van der Waals surface area (Å²) in [5.41, 5.74) is 6.87. The molecular weight excluding hydrogens is 760 g/mol. The molecule has 0 fully saturated rings. The van der Waals surface area contributed by atoms with E-state index >= 15 is 0 Å². The first-order chi connectivity index (χ1) is 26.8. The Labute approximate surface area is 323 Å². The highest BCUT2D eigenvalue weighted by Gasteiger charge is 2.32. The average molecular weight is 807 g/mol. The van der Waals surface area contributed by atoms with Gasteiger partial charge in [-0.3, -0.25) is 43.2 Å². The smallest absolute Gasteiger partial charge is 0.325 e. The fraction of sp³-hybridized carbons (Fsp3) is 0.455. The van der Waals surface area contributed by atoms with E-state index in [1.165, 1.54) is 36.8 Å². The lowest BCUT2D eigenvalue weighted by Crippen LogP contribution is -2.60. The predicted molar refractivity (Wildman–Crippen MR) is 192 cm³/mol. The molecule has 1 aromatic heterocycles. The van der Waals surface area contributed by atoms with Crippen LogP contribution in [0.3, 0.4) is 0 Å². The highest BCUT2D eigenvalue weighted by Crippen LogP contribution is 2.11. The fourth-order valence-electron chi connectivity index (χ4n) is 4.72. The number of carbonyl (C=O) groups is 9. The van der Waals surface area contributed by atoms with Crippen molar-refractivity contribution in [3.05, 3.63) is 48.0 Å². The number of aromatic amines is 1. The maximum absolute atomic E-state index is 13.4. The molecule has 0 bridgehead atoms. The summed E-state index contributed by atoms with van der Waals surface area (Å²) >= 11 is 0. The number of hydrogen-bond acceptors (Lipinski definition) is 14. The second kappa shape index (κ2) is 22.7. The molecule has 7 amide bonds. The minimum Gasteiger partial charge on any atom is -0.508 e. The Morgan fingerprint density at radius 3 is 1.77 bits per heavy atom. The van der Waals surface area contributed by atoms with Gasteiger partial charge < -0.3 is 73.5 Å². The number of nitrogens with zero attached hydrogens (tertiary/aromatic N) is 1. The van der Waals surface area contributed by atoms with Gasteiger partial charge in [-0.25, -0.2) is 4.98 Å². The maximum atomic E-state index is 13.4. The summed E-state index contributed by atoms with van der Waals surface area (Å²) in [6.45, 7) is -0.424. The fourth-order valence-corrected chi connectivity index (χ4v) is 4.72. The SMILES string of the molecule is CC(NC(=O)CNC(=O)C(CC(=O)O)NC(=O)C(C)NC(=O)C(CO)NC(=O)C(Cc1cnc[nH]1)NC(=O)C(CO)NC(=O)C(N)Cc1ccc(O)cc1)C(=O)O. The van der Waals surface area contributed by atoms with Gasteiger partial charge in [-0.2, -0.15) is 0 Å². The molecule has 57 heavy (non-hydrogen) atoms. The highest BCUT2D eigenvalue weighted by atomic mass is 16.4. The van der Waals surface area contributed by atoms with Crippen molar-refractivity contribution < 1.29 is 68.7 Å². The average Bonchev–Trinajstić information content (AvgIpc) is 3.67. The molecule has 0 aliphatic rings. The number of aromatic nitrogens is 2. The third kappa shape index (κ3) is 15.9. The molecule has 0 saturated carbocycles. The Morgan fingerprint density at radius 2 is 1.23 bits per heavy atom. The van der Waals surface area contributed by atoms with Crippen LogP contribution in [0.15, 0.2) is 36.8 Å². The molecular formula is C33H46N10O14. The Bertz CT molecular complexity index is 1740. The number of rotatable bonds is 23. The number of hydrogen-bond donors (Lipinski definition) is 14. The number of aromatic hydroxyl groups is 1. The van der Waals surface area contributed by atoms with Gasteiger partial charge in [-0.15, -0.1) is 0 Å². The molecule has 7 unspecified atom stereocenters. The van der Waals surface area contributed by atoms with Crippen LogP contribution in [-0.4, -0.2) is 151 Å². The number of carboxylic acids is 2. The zero-order valence-electron chi connectivity index (χ0n) is 30.7. The molecule has 0 radical (unpaired) electrons. The number of phenolic OH excluding ortho intramolecular Hbond substituents is 1. The molecule has 24 heteroatoms. The van der Waals surface area contributed by atoms with Crippen molar-refractivity contribution in [1.29, 1.82) is 0 Å². The van der Waals surface area contributed by atoms with E-state index in [1.807, 2.05) is 0 Å². The van der Waals surface area contributed by atoms with Crippen molar-refractivity contribution in [2.24, 2.45) is 5.73 Å². The second-order valence-electron chi connectivity index (χ2n) is 12.5. The van der Waals surface area contributed by atoms with Crippen LogP contribution in [0, 0.1) is 0 Å². The molecule has 0 saturated heterocycles. The van der Waals surface area contributed by atoms with E-state index in [1.54, 1.807) is 0 Å². The van der Waals surface area contributed by atoms with E-state index in [2.05, 4.69) is 47.2 Å². The number of nitrogens with one attached hydrogen (secondary N) is 8. The van der Waals surface area contributed by atoms with Gasteiger partial charge in [0, 0.05) is 18.3 Å². The zero-order valence-corrected chi connectivity index (χ0v) is 30.7. The molecule has 7 atom stereocenters. The number of amides is 7. The summed E-state index contributed by atoms with van der Waals surface area (Å²) in [6.07, 6.45) is 1.38. The van der Waals surface area contributed by atoms with Crippen molar-refractivity contribution in [3.63, 3.8) is 0 Å². The second-order valence-corrected chi connectivity index (χ2v) is 12.5. The summed E-state index contributed by atoms with van der Waals surface area (Å²) in [5.74, 6) is -10.1. The molecule has 312 valence electrons. The quantitative estimate of drug-likeness (QED) is 0.0497. The van der Waals surface area contributed by atoms with Gasteiger partial charge in [0.05, 0.1) is 38.5 Å². The van der Waals surface area contributed by atoms with E-state index in [0.29, 0.717) is 11.3 Å². The normalized spacial score (nSPS) is 14.5. The number of benzene rings is 1. The number of nitrogens with two attached hydrogens (primary N) is 1. The first-order valence-corrected chi connectivity index (χ1v) is 17.1. The lowest BCUT2D eigenvalue weighted by atomic mass is 10.1. The molecule has 0 aliphatic carbocycles. The Kier molecular flexibility index (Phi) is 18.5. The van der Waals surface area contributed by atoms with Gasteiger partial charge in [-0.1, -0.05) is 12.1 Å². The van der Waals surface area contributed by atoms with Gasteiger partial charge >= 0.3 is 11.9 Å². The first kappa shape index (κ1) is 46.5. The molecule has 0 spiro atoms. The van der Waals surface area contributed by atoms with E-state index in [4.69, 9.17) is 10.8 Å². The van der Waals surface area contributed by atoms with Gasteiger partial charge in [0.2, 0.25) is 41.4 Å². The molecule has 1 heterocycles. The number of aliphatic hydroxyl groups excluding tert-OH is 2. The molecule has 2 aromatic rings. The summed E-state index contributed by atoms with van der Waals surface area (Å²) in [5, 5.41) is 62.7. The monoisotopic (exact) mass is 806 g/mol. The van der Waals surface area contributed by atoms with E-state index < -0.39 is 122 Å². The minimum absolute atomic E-state index is 0.00345. The van der Waals surface area contributed by atoms with E-state index in [0.717, 1.165) is 13.8 Å². The van der Waals surface area contributed by atoms with Gasteiger partial charge in [0.15, 0.2) is 0 Å². The number of imidazole rings is 1. The predicted octanol–water partition coefficient (Wildman–Crippen LogP) is -6.16. The van der Waals surface area contributed by atoms with Crippen LogP contribution in [-0.2, 0) is 56.0 Å². The molecule has 0 aliphatic heterocycles. The number of H-pyrrole nitrogens is 1. The van der Waals surface area contributed by atoms with Crippen LogP contribution < -0.4 is 43.0 Å². The van der Waals surface area contributed by atoms with Crippen LogP contribution in [0.4, 0.5) is 0 Å². The summed E-state index contributed by atoms with van der Waals surface area (Å²) < 4.78 is 0. The van der Waals surface area contributed by atoms with Crippen LogP contribution in [0.1, 0.15) is 31.5 Å². The van der Waals surface area contributed by atoms with Crippen LogP contribution in [0.5, 0.6) is 5.75 Å². The minimum atomic E-state index is -1.76. The topological polar surface area (TPSA) is 394 Å². The first-order valence-electron chi connectivity index (χ1n) is 17.1. The van der Waals surface area contributed by atoms with Crippen molar-refractivity contribution in [2.75, 3.05) is 19.8 Å². The van der Waals surface area contributed by atoms with Crippen LogP contribution >= 0.6 is 0 Å². The van der Waals surface area contributed by atoms with Crippen molar-refractivity contribution in [3.8, 4) is 5.75 Å². The Morgan fingerprint density at radius 1 is 0.684 bits per heavy atom. The highest BCUT2D eigenvalue weighted by molar-refractivity contribution is 5.97. The molecule has 2 rings (SSSR count). The number of aliphatic hydroxyl groups is 2. The summed E-state index contributed by atoms with van der Waals surface area (Å²) in [4.78, 5) is 119. The van der Waals surface area contributed by atoms with Crippen LogP contribution in [0.25, 0.3) is 0 Å². The van der Waals surface area contributed by atoms with Gasteiger partial charge in [0.1, 0.15) is 42.0 Å². The zero-order chi connectivity index (χ0) is 42.8. The lowest BCUT2D eigenvalue weighted by Gasteiger charge is -2.25. The molecule has 1 aromatic carbocycles. The Balaban J connectivity index is 2.07.